The number of aliphatic hydroxyl groups is 1. The first-order chi connectivity index (χ1) is 15.0. The van der Waals surface area contributed by atoms with Crippen LogP contribution in [0.25, 0.3) is 0 Å². The molecule has 0 aliphatic rings. The molecular formula is C26H53NO4P+. The zero-order chi connectivity index (χ0) is 24.3. The minimum Gasteiger partial charge on any atom is -0.373 e. The van der Waals surface area contributed by atoms with Gasteiger partial charge in [-0.15, -0.1) is 0 Å². The van der Waals surface area contributed by atoms with Gasteiger partial charge in [0.05, 0.1) is 21.1 Å². The van der Waals surface area contributed by atoms with E-state index in [1.165, 1.54) is 64.2 Å². The number of unbranched alkanes of at least 4 members (excludes halogenated alkanes) is 12. The van der Waals surface area contributed by atoms with E-state index in [1.54, 1.807) is 0 Å². The second-order valence-electron chi connectivity index (χ2n) is 10.4. The van der Waals surface area contributed by atoms with Crippen molar-refractivity contribution in [1.29, 1.82) is 0 Å². The van der Waals surface area contributed by atoms with Gasteiger partial charge in [-0.05, 0) is 64.2 Å². The van der Waals surface area contributed by atoms with E-state index < -0.39 is 12.9 Å². The third kappa shape index (κ3) is 18.0. The molecule has 0 aliphatic carbocycles. The van der Waals surface area contributed by atoms with E-state index >= 15 is 0 Å². The zero-order valence-corrected chi connectivity index (χ0v) is 22.4. The summed E-state index contributed by atoms with van der Waals surface area (Å²) in [4.78, 5) is 19.2. The molecule has 0 fully saturated rings. The molecular weight excluding hydrogens is 421 g/mol. The molecule has 6 heteroatoms. The Kier molecular flexibility index (Phi) is 17.7. The van der Waals surface area contributed by atoms with Gasteiger partial charge in [0.15, 0.2) is 0 Å². The minimum atomic E-state index is -4.56. The summed E-state index contributed by atoms with van der Waals surface area (Å²) in [5.74, 6) is 0. The molecule has 190 valence electrons. The van der Waals surface area contributed by atoms with Gasteiger partial charge in [-0.25, -0.2) is 0 Å². The first kappa shape index (κ1) is 31.6. The molecule has 0 aromatic heterocycles. The molecule has 0 bridgehead atoms. The van der Waals surface area contributed by atoms with E-state index in [0.717, 1.165) is 25.7 Å². The van der Waals surface area contributed by atoms with Crippen LogP contribution in [0, 0.1) is 0 Å². The molecule has 0 spiro atoms. The molecule has 1 atom stereocenters. The van der Waals surface area contributed by atoms with Crippen LogP contribution < -0.4 is 0 Å². The molecule has 0 aromatic rings. The molecule has 1 unspecified atom stereocenters. The Morgan fingerprint density at radius 3 is 1.47 bits per heavy atom. The topological polar surface area (TPSA) is 77.8 Å². The van der Waals surface area contributed by atoms with Crippen LogP contribution in [0.3, 0.4) is 0 Å². The Morgan fingerprint density at radius 1 is 0.688 bits per heavy atom. The van der Waals surface area contributed by atoms with Gasteiger partial charge in [0.1, 0.15) is 6.54 Å². The summed E-state index contributed by atoms with van der Waals surface area (Å²) in [7, 11) is 0.925. The molecule has 32 heavy (non-hydrogen) atoms. The fraction of sp³-hybridized carbons (Fsp3) is 0.846. The maximum absolute atomic E-state index is 11.8. The van der Waals surface area contributed by atoms with Gasteiger partial charge in [-0.1, -0.05) is 69.8 Å². The third-order valence-electron chi connectivity index (χ3n) is 5.77. The molecule has 0 saturated carbocycles. The molecule has 0 aromatic carbocycles. The number of hydrogen-bond donors (Lipinski definition) is 3. The summed E-state index contributed by atoms with van der Waals surface area (Å²) in [5, 5.41) is 8.59. The van der Waals surface area contributed by atoms with Crippen LogP contribution >= 0.6 is 7.60 Å². The average molecular weight is 475 g/mol. The summed E-state index contributed by atoms with van der Waals surface area (Å²) in [6.45, 7) is 2.30. The quantitative estimate of drug-likeness (QED) is 0.0729. The standard InChI is InChI=1S/C26H52NO4P/c1-5-6-7-8-9-10-11-12-13-14-15-16-17-18-19-20-21-22-23-24-26(28,32(29,30)31)25-27(2,3)4/h13-14,19-20,28H,5-12,15-18,21-25H2,1-4H3,(H-,29,30,31)/p+1/b14-13-,20-19-. The Bertz CT molecular complexity index is 551. The maximum atomic E-state index is 11.8. The Hall–Kier alpha value is -0.450. The highest BCUT2D eigenvalue weighted by molar-refractivity contribution is 7.53. The van der Waals surface area contributed by atoms with Gasteiger partial charge in [0, 0.05) is 0 Å². The van der Waals surface area contributed by atoms with Crippen LogP contribution in [0.15, 0.2) is 24.3 Å². The van der Waals surface area contributed by atoms with Gasteiger partial charge in [0.2, 0.25) is 5.34 Å². The van der Waals surface area contributed by atoms with Crippen LogP contribution in [-0.4, -0.2) is 52.4 Å². The van der Waals surface area contributed by atoms with Crippen molar-refractivity contribution in [2.75, 3.05) is 27.7 Å². The summed E-state index contributed by atoms with van der Waals surface area (Å²) >= 11 is 0. The predicted octanol–water partition coefficient (Wildman–Crippen LogP) is 6.93. The highest BCUT2D eigenvalue weighted by Gasteiger charge is 2.48. The van der Waals surface area contributed by atoms with E-state index in [1.807, 2.05) is 21.1 Å². The first-order valence-electron chi connectivity index (χ1n) is 12.9. The van der Waals surface area contributed by atoms with Crippen molar-refractivity contribution in [2.45, 2.75) is 115 Å². The lowest BCUT2D eigenvalue weighted by Crippen LogP contribution is -2.49. The van der Waals surface area contributed by atoms with Crippen molar-refractivity contribution in [3.8, 4) is 0 Å². The number of rotatable bonds is 21. The van der Waals surface area contributed by atoms with Crippen LogP contribution in [0.1, 0.15) is 110 Å². The van der Waals surface area contributed by atoms with Crippen molar-refractivity contribution in [2.24, 2.45) is 0 Å². The molecule has 0 amide bonds. The highest BCUT2D eigenvalue weighted by Crippen LogP contribution is 2.52. The van der Waals surface area contributed by atoms with Gasteiger partial charge in [-0.3, -0.25) is 4.57 Å². The SMILES string of the molecule is CCCCCCCCC/C=C\CCCC/C=C\CCCCC(O)(C[N+](C)(C)C)P(=O)(O)O. The lowest BCUT2D eigenvalue weighted by molar-refractivity contribution is -0.875. The Balaban J connectivity index is 3.71. The van der Waals surface area contributed by atoms with Crippen molar-refractivity contribution in [3.05, 3.63) is 24.3 Å². The van der Waals surface area contributed by atoms with Crippen LogP contribution in [-0.2, 0) is 4.57 Å². The zero-order valence-electron chi connectivity index (χ0n) is 21.5. The number of nitrogens with zero attached hydrogens (tertiary/aromatic N) is 1. The Morgan fingerprint density at radius 2 is 1.06 bits per heavy atom. The highest BCUT2D eigenvalue weighted by atomic mass is 31.2. The average Bonchev–Trinajstić information content (AvgIpc) is 2.67. The summed E-state index contributed by atoms with van der Waals surface area (Å²) in [6.07, 6.45) is 27.0. The van der Waals surface area contributed by atoms with E-state index in [-0.39, 0.29) is 13.0 Å². The molecule has 0 saturated heterocycles. The van der Waals surface area contributed by atoms with Gasteiger partial charge in [0.25, 0.3) is 0 Å². The van der Waals surface area contributed by atoms with Crippen molar-refractivity contribution >= 4 is 7.60 Å². The van der Waals surface area contributed by atoms with Gasteiger partial charge >= 0.3 is 7.60 Å². The van der Waals surface area contributed by atoms with Crippen LogP contribution in [0.2, 0.25) is 0 Å². The first-order valence-corrected chi connectivity index (χ1v) is 14.5. The second kappa shape index (κ2) is 18.0. The number of allylic oxidation sites excluding steroid dienone is 4. The monoisotopic (exact) mass is 474 g/mol. The van der Waals surface area contributed by atoms with E-state index in [4.69, 9.17) is 0 Å². The summed E-state index contributed by atoms with van der Waals surface area (Å²) in [5.41, 5.74) is 0. The van der Waals surface area contributed by atoms with Crippen molar-refractivity contribution < 1.29 is 23.9 Å². The Labute approximate surface area is 198 Å². The third-order valence-corrected chi connectivity index (χ3v) is 7.22. The van der Waals surface area contributed by atoms with Crippen molar-refractivity contribution in [1.82, 2.24) is 0 Å². The predicted molar refractivity (Wildman–Crippen MR) is 138 cm³/mol. The molecule has 0 aliphatic heterocycles. The lowest BCUT2D eigenvalue weighted by Gasteiger charge is -2.35. The number of quaternary nitrogens is 1. The normalized spacial score (nSPS) is 15.1. The fourth-order valence-corrected chi connectivity index (χ4v) is 5.02. The smallest absolute Gasteiger partial charge is 0.362 e. The van der Waals surface area contributed by atoms with E-state index in [9.17, 15) is 19.5 Å². The van der Waals surface area contributed by atoms with Gasteiger partial charge < -0.3 is 19.4 Å². The molecule has 0 heterocycles. The lowest BCUT2D eigenvalue weighted by atomic mass is 10.1. The number of likely N-dealkylation sites (N-methyl/N-ethyl adjacent to an activating group) is 1. The largest absolute Gasteiger partial charge is 0.373 e. The minimum absolute atomic E-state index is 0.0423. The van der Waals surface area contributed by atoms with Crippen LogP contribution in [0.4, 0.5) is 0 Å². The van der Waals surface area contributed by atoms with E-state index in [0.29, 0.717) is 10.9 Å². The maximum Gasteiger partial charge on any atom is 0.362 e. The second-order valence-corrected chi connectivity index (χ2v) is 12.3. The summed E-state index contributed by atoms with van der Waals surface area (Å²) in [6, 6.07) is 0. The van der Waals surface area contributed by atoms with E-state index in [2.05, 4.69) is 31.2 Å². The summed E-state index contributed by atoms with van der Waals surface area (Å²) < 4.78 is 12.1. The number of hydrogen-bond acceptors (Lipinski definition) is 2. The van der Waals surface area contributed by atoms with Crippen LogP contribution in [0.5, 0.6) is 0 Å². The van der Waals surface area contributed by atoms with Gasteiger partial charge in [-0.2, -0.15) is 0 Å². The molecule has 3 N–H and O–H groups in total. The molecule has 0 rings (SSSR count). The molecule has 5 nitrogen and oxygen atoms in total. The fourth-order valence-electron chi connectivity index (χ4n) is 3.96. The molecule has 0 radical (unpaired) electrons. The van der Waals surface area contributed by atoms with Crippen molar-refractivity contribution in [3.63, 3.8) is 0 Å².